The predicted molar refractivity (Wildman–Crippen MR) is 114 cm³/mol. The molecule has 2 aromatic carbocycles. The minimum absolute atomic E-state index is 0.0810. The number of amides is 2. The normalized spacial score (nSPS) is 11.9. The molecule has 2 aromatic rings. The fraction of sp³-hybridized carbons (Fsp3) is 0.111. The van der Waals surface area contributed by atoms with Crippen LogP contribution in [-0.2, 0) is 9.53 Å². The number of anilines is 1. The summed E-state index contributed by atoms with van der Waals surface area (Å²) >= 11 is 9.88. The van der Waals surface area contributed by atoms with Crippen LogP contribution in [0.25, 0.3) is 0 Å². The molecule has 0 saturated carbocycles. The highest BCUT2D eigenvalue weighted by Crippen LogP contribution is 2.38. The van der Waals surface area contributed by atoms with E-state index < -0.39 is 18.1 Å². The monoisotopic (exact) mass is 576 g/mol. The molecule has 0 aliphatic rings. The van der Waals surface area contributed by atoms with Crippen molar-refractivity contribution in [2.75, 3.05) is 5.32 Å². The van der Waals surface area contributed by atoms with Crippen molar-refractivity contribution in [3.8, 4) is 5.75 Å². The zero-order valence-corrected chi connectivity index (χ0v) is 18.9. The zero-order chi connectivity index (χ0) is 20.7. The number of nitrogens with one attached hydrogen (secondary N) is 2. The van der Waals surface area contributed by atoms with E-state index in [0.717, 1.165) is 10.5 Å². The van der Waals surface area contributed by atoms with Crippen molar-refractivity contribution >= 4 is 65.5 Å². The molecule has 0 unspecified atom stereocenters. The van der Waals surface area contributed by atoms with Gasteiger partial charge < -0.3 is 9.84 Å². The second-order valence-electron chi connectivity index (χ2n) is 5.47. The quantitative estimate of drug-likeness (QED) is 0.208. The summed E-state index contributed by atoms with van der Waals surface area (Å²) in [4.78, 5) is 23.5. The Morgan fingerprint density at radius 2 is 1.79 bits per heavy atom. The third-order valence-electron chi connectivity index (χ3n) is 3.47. The number of aromatic hydroxyl groups is 1. The Hall–Kier alpha value is -1.88. The maximum Gasteiger partial charge on any atom is 0.412 e. The average Bonchev–Trinajstić information content (AvgIpc) is 2.65. The van der Waals surface area contributed by atoms with Gasteiger partial charge in [0.25, 0.3) is 5.91 Å². The van der Waals surface area contributed by atoms with Crippen LogP contribution in [0.15, 0.2) is 62.0 Å². The number of hydroxylamine groups is 1. The molecule has 0 radical (unpaired) electrons. The predicted octanol–water partition coefficient (Wildman–Crippen LogP) is 5.42. The van der Waals surface area contributed by atoms with Gasteiger partial charge in [-0.05, 0) is 52.3 Å². The number of hydrogen-bond donors (Lipinski definition) is 4. The minimum atomic E-state index is -0.896. The van der Waals surface area contributed by atoms with Gasteiger partial charge in [0.15, 0.2) is 0 Å². The van der Waals surface area contributed by atoms with Gasteiger partial charge in [-0.1, -0.05) is 37.9 Å². The van der Waals surface area contributed by atoms with Gasteiger partial charge in [-0.25, -0.2) is 10.3 Å². The summed E-state index contributed by atoms with van der Waals surface area (Å²) in [6, 6.07) is 10.2. The summed E-state index contributed by atoms with van der Waals surface area (Å²) in [5.41, 5.74) is 2.34. The first-order chi connectivity index (χ1) is 13.3. The first-order valence-electron chi connectivity index (χ1n) is 7.82. The highest BCUT2D eigenvalue weighted by molar-refractivity contribution is 9.11. The molecule has 28 heavy (non-hydrogen) atoms. The van der Waals surface area contributed by atoms with E-state index >= 15 is 0 Å². The lowest BCUT2D eigenvalue weighted by atomic mass is 10.0. The fourth-order valence-corrected chi connectivity index (χ4v) is 3.74. The SMILES string of the molecule is O=C(/C=C/C[C@@H](OC(=O)Nc1ccc(Br)cc1)c1cc(Br)cc(Br)c1O)NO. The third-order valence-corrected chi connectivity index (χ3v) is 5.07. The van der Waals surface area contributed by atoms with Crippen molar-refractivity contribution in [1.82, 2.24) is 5.48 Å². The number of halogens is 3. The summed E-state index contributed by atoms with van der Waals surface area (Å²) in [6.45, 7) is 0. The molecule has 1 atom stereocenters. The molecule has 10 heteroatoms. The van der Waals surface area contributed by atoms with Gasteiger partial charge in [-0.15, -0.1) is 0 Å². The number of benzene rings is 2. The lowest BCUT2D eigenvalue weighted by Crippen LogP contribution is -2.18. The molecule has 7 nitrogen and oxygen atoms in total. The first-order valence-corrected chi connectivity index (χ1v) is 10.2. The smallest absolute Gasteiger partial charge is 0.412 e. The molecule has 0 aliphatic carbocycles. The number of carbonyl (C=O) groups excluding carboxylic acids is 2. The van der Waals surface area contributed by atoms with E-state index in [2.05, 4.69) is 53.1 Å². The summed E-state index contributed by atoms with van der Waals surface area (Å²) in [5.74, 6) is -0.817. The molecule has 0 bridgehead atoms. The number of ether oxygens (including phenoxy) is 1. The van der Waals surface area contributed by atoms with E-state index in [-0.39, 0.29) is 12.2 Å². The van der Waals surface area contributed by atoms with E-state index in [1.807, 2.05) is 0 Å². The van der Waals surface area contributed by atoms with E-state index in [9.17, 15) is 14.7 Å². The van der Waals surface area contributed by atoms with Gasteiger partial charge in [0.05, 0.1) is 4.47 Å². The molecule has 2 amide bonds. The molecule has 4 N–H and O–H groups in total. The molecule has 0 heterocycles. The Morgan fingerprint density at radius 3 is 2.43 bits per heavy atom. The molecular weight excluding hydrogens is 564 g/mol. The number of phenols is 1. The molecule has 0 aliphatic heterocycles. The lowest BCUT2D eigenvalue weighted by molar-refractivity contribution is -0.124. The first kappa shape index (κ1) is 22.4. The summed E-state index contributed by atoms with van der Waals surface area (Å²) in [5, 5.41) is 21.5. The van der Waals surface area contributed by atoms with E-state index in [1.165, 1.54) is 11.6 Å². The minimum Gasteiger partial charge on any atom is -0.506 e. The number of carbonyl (C=O) groups is 2. The fourth-order valence-electron chi connectivity index (χ4n) is 2.22. The standard InChI is InChI=1S/C18H15Br3N2O5/c19-10-4-6-12(7-5-10)22-18(26)28-15(2-1-3-16(24)23-27)13-8-11(20)9-14(21)17(13)25/h1,3-9,15,25,27H,2H2,(H,22,26)(H,23,24)/b3-1+/t15-/m1/s1. The third kappa shape index (κ3) is 6.62. The van der Waals surface area contributed by atoms with Gasteiger partial charge >= 0.3 is 6.09 Å². The van der Waals surface area contributed by atoms with Crippen LogP contribution in [0.2, 0.25) is 0 Å². The van der Waals surface area contributed by atoms with Crippen molar-refractivity contribution in [2.45, 2.75) is 12.5 Å². The van der Waals surface area contributed by atoms with Gasteiger partial charge in [0.2, 0.25) is 0 Å². The zero-order valence-electron chi connectivity index (χ0n) is 14.2. The van der Waals surface area contributed by atoms with Gasteiger partial charge in [-0.2, -0.15) is 0 Å². The molecular formula is C18H15Br3N2O5. The van der Waals surface area contributed by atoms with Crippen LogP contribution in [0.4, 0.5) is 10.5 Å². The van der Waals surface area contributed by atoms with E-state index in [4.69, 9.17) is 9.94 Å². The van der Waals surface area contributed by atoms with Crippen molar-refractivity contribution in [3.05, 3.63) is 67.5 Å². The highest BCUT2D eigenvalue weighted by Gasteiger charge is 2.21. The molecule has 2 rings (SSSR count). The topological polar surface area (TPSA) is 108 Å². The molecule has 148 valence electrons. The van der Waals surface area contributed by atoms with Crippen LogP contribution >= 0.6 is 47.8 Å². The molecule has 0 saturated heterocycles. The van der Waals surface area contributed by atoms with Crippen LogP contribution in [-0.4, -0.2) is 22.3 Å². The largest absolute Gasteiger partial charge is 0.506 e. The van der Waals surface area contributed by atoms with Crippen molar-refractivity contribution in [3.63, 3.8) is 0 Å². The number of hydrogen-bond acceptors (Lipinski definition) is 5. The van der Waals surface area contributed by atoms with Gasteiger partial charge in [0.1, 0.15) is 11.9 Å². The highest BCUT2D eigenvalue weighted by atomic mass is 79.9. The molecule has 0 aromatic heterocycles. The van der Waals surface area contributed by atoms with Crippen molar-refractivity contribution in [1.29, 1.82) is 0 Å². The van der Waals surface area contributed by atoms with Crippen LogP contribution in [0, 0.1) is 0 Å². The maximum absolute atomic E-state index is 12.3. The summed E-state index contributed by atoms with van der Waals surface area (Å²) < 4.78 is 7.40. The van der Waals surface area contributed by atoms with Crippen LogP contribution < -0.4 is 10.8 Å². The Morgan fingerprint density at radius 1 is 1.11 bits per heavy atom. The second-order valence-corrected chi connectivity index (χ2v) is 8.15. The number of rotatable bonds is 6. The van der Waals surface area contributed by atoms with Crippen LogP contribution in [0.5, 0.6) is 5.75 Å². The van der Waals surface area contributed by atoms with Gasteiger partial charge in [0, 0.05) is 32.7 Å². The molecule has 0 spiro atoms. The summed E-state index contributed by atoms with van der Waals surface area (Å²) in [7, 11) is 0. The Kier molecular flexibility index (Phi) is 8.49. The Bertz CT molecular complexity index is 888. The van der Waals surface area contributed by atoms with Crippen LogP contribution in [0.3, 0.4) is 0 Å². The second kappa shape index (κ2) is 10.6. The van der Waals surface area contributed by atoms with E-state index in [1.54, 1.807) is 36.4 Å². The van der Waals surface area contributed by atoms with E-state index in [0.29, 0.717) is 20.2 Å². The van der Waals surface area contributed by atoms with Crippen LogP contribution in [0.1, 0.15) is 18.1 Å². The lowest BCUT2D eigenvalue weighted by Gasteiger charge is -2.19. The van der Waals surface area contributed by atoms with Crippen molar-refractivity contribution < 1.29 is 24.6 Å². The summed E-state index contributed by atoms with van der Waals surface area (Å²) in [6.07, 6.45) is 0.956. The Balaban J connectivity index is 2.22. The molecule has 0 fully saturated rings. The Labute approximate surface area is 186 Å². The average molecular weight is 579 g/mol. The van der Waals surface area contributed by atoms with Crippen molar-refractivity contribution in [2.24, 2.45) is 0 Å². The number of phenolic OH excluding ortho intramolecular Hbond substituents is 1. The van der Waals surface area contributed by atoms with Gasteiger partial charge in [-0.3, -0.25) is 15.3 Å². The maximum atomic E-state index is 12.3.